The number of carbonyl (C=O) groups is 2. The molecule has 0 saturated carbocycles. The van der Waals surface area contributed by atoms with Gasteiger partial charge in [0, 0.05) is 19.8 Å². The predicted molar refractivity (Wildman–Crippen MR) is 76.1 cm³/mol. The first-order valence-electron chi connectivity index (χ1n) is 7.67. The molecule has 0 aliphatic carbocycles. The fourth-order valence-electron chi connectivity index (χ4n) is 2.95. The maximum Gasteiger partial charge on any atom is 0.245 e. The number of rotatable bonds is 5. The molecule has 3 unspecified atom stereocenters. The quantitative estimate of drug-likeness (QED) is 0.823. The summed E-state index contributed by atoms with van der Waals surface area (Å²) in [7, 11) is 0. The molecule has 0 aromatic heterocycles. The van der Waals surface area contributed by atoms with Crippen molar-refractivity contribution >= 4 is 11.8 Å². The molecule has 2 aliphatic rings. The molecule has 5 heteroatoms. The highest BCUT2D eigenvalue weighted by molar-refractivity contribution is 5.96. The minimum atomic E-state index is -0.353. The van der Waals surface area contributed by atoms with Gasteiger partial charge in [-0.25, -0.2) is 0 Å². The summed E-state index contributed by atoms with van der Waals surface area (Å²) in [6, 6.07) is -0.702. The number of hydrogen-bond acceptors (Lipinski definition) is 3. The van der Waals surface area contributed by atoms with E-state index in [0.29, 0.717) is 24.8 Å². The van der Waals surface area contributed by atoms with E-state index in [4.69, 9.17) is 4.74 Å². The van der Waals surface area contributed by atoms with Crippen LogP contribution in [0.5, 0.6) is 0 Å². The van der Waals surface area contributed by atoms with Crippen LogP contribution in [0.2, 0.25) is 0 Å². The SMILES string of the molecule is CC(C)CC1NC(=O)C(C)N(CCC2CCOC2)C1=O. The van der Waals surface area contributed by atoms with E-state index in [-0.39, 0.29) is 23.9 Å². The summed E-state index contributed by atoms with van der Waals surface area (Å²) < 4.78 is 5.36. The Kier molecular flexibility index (Phi) is 5.02. The molecule has 0 spiro atoms. The van der Waals surface area contributed by atoms with Crippen molar-refractivity contribution < 1.29 is 14.3 Å². The highest BCUT2D eigenvalue weighted by Crippen LogP contribution is 2.20. The van der Waals surface area contributed by atoms with Gasteiger partial charge in [0.25, 0.3) is 0 Å². The fraction of sp³-hybridized carbons (Fsp3) is 0.867. The first-order valence-corrected chi connectivity index (χ1v) is 7.67. The van der Waals surface area contributed by atoms with E-state index in [1.54, 1.807) is 4.90 Å². The molecule has 0 bridgehead atoms. The Balaban J connectivity index is 1.95. The average molecular weight is 282 g/mol. The molecule has 5 nitrogen and oxygen atoms in total. The molecule has 2 amide bonds. The third-order valence-corrected chi connectivity index (χ3v) is 4.25. The van der Waals surface area contributed by atoms with Gasteiger partial charge in [0.05, 0.1) is 0 Å². The van der Waals surface area contributed by atoms with Crippen LogP contribution < -0.4 is 5.32 Å². The van der Waals surface area contributed by atoms with Crippen LogP contribution in [0.4, 0.5) is 0 Å². The van der Waals surface area contributed by atoms with Gasteiger partial charge in [0.2, 0.25) is 11.8 Å². The number of carbonyl (C=O) groups excluding carboxylic acids is 2. The molecule has 114 valence electrons. The van der Waals surface area contributed by atoms with E-state index < -0.39 is 0 Å². The van der Waals surface area contributed by atoms with Gasteiger partial charge in [0.15, 0.2) is 0 Å². The van der Waals surface area contributed by atoms with Gasteiger partial charge in [-0.3, -0.25) is 9.59 Å². The van der Waals surface area contributed by atoms with Crippen LogP contribution in [0.25, 0.3) is 0 Å². The highest BCUT2D eigenvalue weighted by atomic mass is 16.5. The Bertz CT molecular complexity index is 364. The van der Waals surface area contributed by atoms with Gasteiger partial charge in [0.1, 0.15) is 12.1 Å². The summed E-state index contributed by atoms with van der Waals surface area (Å²) in [6.07, 6.45) is 2.70. The predicted octanol–water partition coefficient (Wildman–Crippen LogP) is 1.17. The lowest BCUT2D eigenvalue weighted by Gasteiger charge is -2.38. The van der Waals surface area contributed by atoms with Gasteiger partial charge < -0.3 is 15.0 Å². The Hall–Kier alpha value is -1.10. The fourth-order valence-corrected chi connectivity index (χ4v) is 2.95. The molecule has 2 aliphatic heterocycles. The van der Waals surface area contributed by atoms with Crippen LogP contribution in [0, 0.1) is 11.8 Å². The highest BCUT2D eigenvalue weighted by Gasteiger charge is 2.38. The largest absolute Gasteiger partial charge is 0.381 e. The maximum absolute atomic E-state index is 12.5. The van der Waals surface area contributed by atoms with Crippen LogP contribution >= 0.6 is 0 Å². The summed E-state index contributed by atoms with van der Waals surface area (Å²) in [4.78, 5) is 26.3. The normalized spacial score (nSPS) is 31.0. The van der Waals surface area contributed by atoms with Crippen molar-refractivity contribution in [3.05, 3.63) is 0 Å². The minimum absolute atomic E-state index is 0.0297. The van der Waals surface area contributed by atoms with Crippen LogP contribution in [0.1, 0.15) is 40.0 Å². The number of amides is 2. The molecular weight excluding hydrogens is 256 g/mol. The Labute approximate surface area is 121 Å². The summed E-state index contributed by atoms with van der Waals surface area (Å²) in [5, 5.41) is 2.85. The van der Waals surface area contributed by atoms with Crippen molar-refractivity contribution in [1.29, 1.82) is 0 Å². The average Bonchev–Trinajstić information content (AvgIpc) is 2.88. The number of nitrogens with zero attached hydrogens (tertiary/aromatic N) is 1. The Morgan fingerprint density at radius 3 is 2.75 bits per heavy atom. The van der Waals surface area contributed by atoms with E-state index in [9.17, 15) is 9.59 Å². The summed E-state index contributed by atoms with van der Waals surface area (Å²) >= 11 is 0. The van der Waals surface area contributed by atoms with Crippen molar-refractivity contribution in [3.8, 4) is 0 Å². The van der Waals surface area contributed by atoms with Crippen LogP contribution in [-0.4, -0.2) is 48.6 Å². The topological polar surface area (TPSA) is 58.6 Å². The molecule has 2 heterocycles. The van der Waals surface area contributed by atoms with Gasteiger partial charge in [-0.2, -0.15) is 0 Å². The zero-order valence-electron chi connectivity index (χ0n) is 12.7. The second-order valence-electron chi connectivity index (χ2n) is 6.42. The summed E-state index contributed by atoms with van der Waals surface area (Å²) in [6.45, 7) is 8.22. The lowest BCUT2D eigenvalue weighted by Crippen LogP contribution is -2.62. The molecule has 0 aromatic rings. The molecule has 0 aromatic carbocycles. The first-order chi connectivity index (χ1) is 9.49. The lowest BCUT2D eigenvalue weighted by molar-refractivity contribution is -0.149. The summed E-state index contributed by atoms with van der Waals surface area (Å²) in [5.74, 6) is 0.967. The Morgan fingerprint density at radius 1 is 1.40 bits per heavy atom. The number of piperazine rings is 1. The molecular formula is C15H26N2O3. The first kappa shape index (κ1) is 15.3. The summed E-state index contributed by atoms with van der Waals surface area (Å²) in [5.41, 5.74) is 0. The van der Waals surface area contributed by atoms with Crippen molar-refractivity contribution in [2.75, 3.05) is 19.8 Å². The number of nitrogens with one attached hydrogen (secondary N) is 1. The van der Waals surface area contributed by atoms with Gasteiger partial charge in [-0.05, 0) is 38.0 Å². The van der Waals surface area contributed by atoms with E-state index in [1.807, 2.05) is 6.92 Å². The molecule has 2 saturated heterocycles. The van der Waals surface area contributed by atoms with Gasteiger partial charge in [-0.1, -0.05) is 13.8 Å². The van der Waals surface area contributed by atoms with Gasteiger partial charge >= 0.3 is 0 Å². The lowest BCUT2D eigenvalue weighted by atomic mass is 9.97. The van der Waals surface area contributed by atoms with Crippen molar-refractivity contribution in [2.24, 2.45) is 11.8 Å². The van der Waals surface area contributed by atoms with Crippen molar-refractivity contribution in [1.82, 2.24) is 10.2 Å². The van der Waals surface area contributed by atoms with E-state index in [2.05, 4.69) is 19.2 Å². The molecule has 2 rings (SSSR count). The zero-order chi connectivity index (χ0) is 14.7. The molecule has 0 radical (unpaired) electrons. The second-order valence-corrected chi connectivity index (χ2v) is 6.42. The van der Waals surface area contributed by atoms with Gasteiger partial charge in [-0.15, -0.1) is 0 Å². The number of ether oxygens (including phenoxy) is 1. The van der Waals surface area contributed by atoms with E-state index in [0.717, 1.165) is 26.1 Å². The zero-order valence-corrected chi connectivity index (χ0v) is 12.7. The smallest absolute Gasteiger partial charge is 0.245 e. The standard InChI is InChI=1S/C15H26N2O3/c1-10(2)8-13-15(19)17(11(3)14(18)16-13)6-4-12-5-7-20-9-12/h10-13H,4-9H2,1-3H3,(H,16,18). The van der Waals surface area contributed by atoms with Crippen molar-refractivity contribution in [3.63, 3.8) is 0 Å². The molecule has 2 fully saturated rings. The van der Waals surface area contributed by atoms with E-state index in [1.165, 1.54) is 0 Å². The number of hydrogen-bond donors (Lipinski definition) is 1. The van der Waals surface area contributed by atoms with Crippen LogP contribution in [0.15, 0.2) is 0 Å². The molecule has 3 atom stereocenters. The van der Waals surface area contributed by atoms with Crippen molar-refractivity contribution in [2.45, 2.75) is 52.1 Å². The van der Waals surface area contributed by atoms with E-state index >= 15 is 0 Å². The maximum atomic E-state index is 12.5. The van der Waals surface area contributed by atoms with Crippen LogP contribution in [0.3, 0.4) is 0 Å². The van der Waals surface area contributed by atoms with Crippen LogP contribution in [-0.2, 0) is 14.3 Å². The third kappa shape index (κ3) is 3.51. The third-order valence-electron chi connectivity index (χ3n) is 4.25. The second kappa shape index (κ2) is 6.57. The molecule has 1 N–H and O–H groups in total. The Morgan fingerprint density at radius 2 is 2.15 bits per heavy atom. The minimum Gasteiger partial charge on any atom is -0.381 e. The molecule has 20 heavy (non-hydrogen) atoms. The monoisotopic (exact) mass is 282 g/mol.